The van der Waals surface area contributed by atoms with Gasteiger partial charge in [0.1, 0.15) is 5.69 Å². The Morgan fingerprint density at radius 3 is 3.23 bits per heavy atom. The summed E-state index contributed by atoms with van der Waals surface area (Å²) in [5, 5.41) is 0. The molecule has 2 heterocycles. The van der Waals surface area contributed by atoms with Crippen molar-refractivity contribution < 1.29 is 9.53 Å². The third-order valence-electron chi connectivity index (χ3n) is 2.01. The first-order valence-corrected chi connectivity index (χ1v) is 4.37. The number of carbonyl (C=O) groups is 1. The largest absolute Gasteiger partial charge is 0.375 e. The second-order valence-electron chi connectivity index (χ2n) is 2.80. The standard InChI is InChI=1S/C8H8N2O2S/c11-3-6-5-1-2-12-4-7(5)10-8(13)9-6/h3H,1-2,4H2,(H,9,10,13). The molecule has 0 spiro atoms. The van der Waals surface area contributed by atoms with Crippen molar-refractivity contribution in [2.24, 2.45) is 0 Å². The highest BCUT2D eigenvalue weighted by Crippen LogP contribution is 2.15. The fourth-order valence-corrected chi connectivity index (χ4v) is 1.63. The number of aromatic amines is 1. The number of H-pyrrole nitrogens is 1. The molecule has 13 heavy (non-hydrogen) atoms. The van der Waals surface area contributed by atoms with Gasteiger partial charge in [-0.2, -0.15) is 0 Å². The zero-order valence-electron chi connectivity index (χ0n) is 6.87. The number of aldehydes is 1. The summed E-state index contributed by atoms with van der Waals surface area (Å²) in [7, 11) is 0. The predicted molar refractivity (Wildman–Crippen MR) is 48.2 cm³/mol. The minimum absolute atomic E-state index is 0.339. The van der Waals surface area contributed by atoms with Crippen molar-refractivity contribution in [1.82, 2.24) is 9.97 Å². The summed E-state index contributed by atoms with van der Waals surface area (Å²) in [6, 6.07) is 0. The third kappa shape index (κ3) is 1.52. The van der Waals surface area contributed by atoms with E-state index in [9.17, 15) is 4.79 Å². The van der Waals surface area contributed by atoms with Gasteiger partial charge < -0.3 is 9.72 Å². The molecule has 5 heteroatoms. The van der Waals surface area contributed by atoms with Crippen molar-refractivity contribution in [2.75, 3.05) is 6.61 Å². The molecule has 0 aromatic carbocycles. The molecule has 2 rings (SSSR count). The van der Waals surface area contributed by atoms with E-state index in [0.717, 1.165) is 24.0 Å². The Hall–Kier alpha value is -1.07. The van der Waals surface area contributed by atoms with Gasteiger partial charge >= 0.3 is 0 Å². The number of nitrogens with one attached hydrogen (secondary N) is 1. The lowest BCUT2D eigenvalue weighted by molar-refractivity contribution is 0.104. The molecule has 0 aliphatic carbocycles. The molecule has 1 aliphatic rings. The molecular formula is C8H8N2O2S. The Labute approximate surface area is 80.0 Å². The Balaban J connectivity index is 2.63. The van der Waals surface area contributed by atoms with Crippen molar-refractivity contribution >= 4 is 18.5 Å². The Kier molecular flexibility index (Phi) is 2.20. The molecule has 1 aromatic heterocycles. The number of hydrogen-bond acceptors (Lipinski definition) is 4. The van der Waals surface area contributed by atoms with Crippen LogP contribution in [-0.4, -0.2) is 22.9 Å². The average Bonchev–Trinajstić information content (AvgIpc) is 2.16. The van der Waals surface area contributed by atoms with Crippen molar-refractivity contribution in [3.63, 3.8) is 0 Å². The highest BCUT2D eigenvalue weighted by Gasteiger charge is 2.14. The molecule has 68 valence electrons. The lowest BCUT2D eigenvalue weighted by Crippen LogP contribution is -2.15. The number of carbonyl (C=O) groups excluding carboxylic acids is 1. The average molecular weight is 196 g/mol. The maximum atomic E-state index is 10.7. The molecule has 1 N–H and O–H groups in total. The van der Waals surface area contributed by atoms with E-state index in [2.05, 4.69) is 9.97 Å². The van der Waals surface area contributed by atoms with Crippen molar-refractivity contribution in [3.8, 4) is 0 Å². The molecule has 1 aliphatic heterocycles. The molecule has 1 aromatic rings. The van der Waals surface area contributed by atoms with E-state index in [1.165, 1.54) is 0 Å². The van der Waals surface area contributed by atoms with Crippen LogP contribution in [0.3, 0.4) is 0 Å². The summed E-state index contributed by atoms with van der Waals surface area (Å²) >= 11 is 4.87. The number of fused-ring (bicyclic) bond motifs is 1. The van der Waals surface area contributed by atoms with Crippen molar-refractivity contribution in [3.05, 3.63) is 21.7 Å². The summed E-state index contributed by atoms with van der Waals surface area (Å²) in [5.41, 5.74) is 2.27. The molecular weight excluding hydrogens is 188 g/mol. The molecule has 0 saturated heterocycles. The number of hydrogen-bond donors (Lipinski definition) is 1. The fourth-order valence-electron chi connectivity index (χ4n) is 1.41. The summed E-state index contributed by atoms with van der Waals surface area (Å²) in [5.74, 6) is 0. The Morgan fingerprint density at radius 1 is 1.62 bits per heavy atom. The monoisotopic (exact) mass is 196 g/mol. The predicted octanol–water partition coefficient (Wildman–Crippen LogP) is 1.02. The molecule has 0 amide bonds. The van der Waals surface area contributed by atoms with E-state index >= 15 is 0 Å². The lowest BCUT2D eigenvalue weighted by Gasteiger charge is -2.16. The van der Waals surface area contributed by atoms with Crippen LogP contribution in [0.25, 0.3) is 0 Å². The van der Waals surface area contributed by atoms with E-state index in [1.54, 1.807) is 0 Å². The van der Waals surface area contributed by atoms with Gasteiger partial charge in [-0.3, -0.25) is 4.79 Å². The Morgan fingerprint density at radius 2 is 2.46 bits per heavy atom. The number of rotatable bonds is 1. The van der Waals surface area contributed by atoms with Gasteiger partial charge in [0.2, 0.25) is 0 Å². The third-order valence-corrected chi connectivity index (χ3v) is 2.20. The number of nitrogens with zero attached hydrogens (tertiary/aromatic N) is 1. The van der Waals surface area contributed by atoms with Gasteiger partial charge in [-0.25, -0.2) is 4.98 Å². The highest BCUT2D eigenvalue weighted by atomic mass is 32.1. The second kappa shape index (κ2) is 3.35. The molecule has 0 radical (unpaired) electrons. The summed E-state index contributed by atoms with van der Waals surface area (Å²) in [6.45, 7) is 1.13. The minimum atomic E-state index is 0.339. The first kappa shape index (κ1) is 8.52. The van der Waals surface area contributed by atoms with Gasteiger partial charge in [-0.1, -0.05) is 0 Å². The van der Waals surface area contributed by atoms with Gasteiger partial charge in [-0.05, 0) is 18.6 Å². The van der Waals surface area contributed by atoms with E-state index < -0.39 is 0 Å². The summed E-state index contributed by atoms with van der Waals surface area (Å²) < 4.78 is 5.57. The normalized spacial score (nSPS) is 15.1. The van der Waals surface area contributed by atoms with Crippen LogP contribution >= 0.6 is 12.2 Å². The maximum absolute atomic E-state index is 10.7. The van der Waals surface area contributed by atoms with Crippen LogP contribution in [0.2, 0.25) is 0 Å². The van der Waals surface area contributed by atoms with Gasteiger partial charge in [0.15, 0.2) is 11.1 Å². The minimum Gasteiger partial charge on any atom is -0.375 e. The van der Waals surface area contributed by atoms with E-state index in [1.807, 2.05) is 0 Å². The van der Waals surface area contributed by atoms with Crippen LogP contribution in [0.4, 0.5) is 0 Å². The molecule has 0 bridgehead atoms. The fraction of sp³-hybridized carbons (Fsp3) is 0.375. The molecule has 4 nitrogen and oxygen atoms in total. The molecule has 0 fully saturated rings. The zero-order chi connectivity index (χ0) is 9.26. The van der Waals surface area contributed by atoms with E-state index in [0.29, 0.717) is 23.7 Å². The van der Waals surface area contributed by atoms with E-state index in [-0.39, 0.29) is 0 Å². The number of aromatic nitrogens is 2. The Bertz CT molecular complexity index is 400. The van der Waals surface area contributed by atoms with Crippen LogP contribution in [0.5, 0.6) is 0 Å². The smallest absolute Gasteiger partial charge is 0.197 e. The molecule has 0 saturated carbocycles. The van der Waals surface area contributed by atoms with Gasteiger partial charge in [0.05, 0.1) is 13.2 Å². The zero-order valence-corrected chi connectivity index (χ0v) is 7.69. The van der Waals surface area contributed by atoms with Crippen LogP contribution in [0, 0.1) is 4.77 Å². The van der Waals surface area contributed by atoms with Crippen LogP contribution in [0.15, 0.2) is 0 Å². The quantitative estimate of drug-likeness (QED) is 0.538. The van der Waals surface area contributed by atoms with Crippen molar-refractivity contribution in [2.45, 2.75) is 13.0 Å². The summed E-state index contributed by atoms with van der Waals surface area (Å²) in [4.78, 5) is 17.5. The van der Waals surface area contributed by atoms with E-state index in [4.69, 9.17) is 17.0 Å². The van der Waals surface area contributed by atoms with Gasteiger partial charge in [-0.15, -0.1) is 0 Å². The van der Waals surface area contributed by atoms with Crippen LogP contribution < -0.4 is 0 Å². The molecule has 0 atom stereocenters. The highest BCUT2D eigenvalue weighted by molar-refractivity contribution is 7.71. The lowest BCUT2D eigenvalue weighted by atomic mass is 10.1. The maximum Gasteiger partial charge on any atom is 0.197 e. The van der Waals surface area contributed by atoms with Crippen molar-refractivity contribution in [1.29, 1.82) is 0 Å². The first-order chi connectivity index (χ1) is 6.31. The van der Waals surface area contributed by atoms with Gasteiger partial charge in [0.25, 0.3) is 0 Å². The molecule has 0 unspecified atom stereocenters. The topological polar surface area (TPSA) is 55.0 Å². The van der Waals surface area contributed by atoms with Crippen LogP contribution in [-0.2, 0) is 17.8 Å². The number of ether oxygens (including phenoxy) is 1. The second-order valence-corrected chi connectivity index (χ2v) is 3.19. The SMILES string of the molecule is O=Cc1nc(=S)[nH]c2c1CCOC2. The first-order valence-electron chi connectivity index (χ1n) is 3.96. The van der Waals surface area contributed by atoms with Gasteiger partial charge in [0, 0.05) is 11.3 Å². The summed E-state index contributed by atoms with van der Waals surface area (Å²) in [6.07, 6.45) is 1.47. The van der Waals surface area contributed by atoms with Crippen LogP contribution in [0.1, 0.15) is 21.7 Å².